The first kappa shape index (κ1) is 17.3. The number of rotatable bonds is 6. The highest BCUT2D eigenvalue weighted by Crippen LogP contribution is 2.32. The summed E-state index contributed by atoms with van der Waals surface area (Å²) in [4.78, 5) is 4.01. The van der Waals surface area contributed by atoms with Crippen LogP contribution in [0.15, 0.2) is 29.3 Å². The van der Waals surface area contributed by atoms with Gasteiger partial charge in [-0.1, -0.05) is 18.2 Å². The third-order valence-electron chi connectivity index (χ3n) is 2.68. The summed E-state index contributed by atoms with van der Waals surface area (Å²) in [5.74, 6) is 5.52. The molecule has 0 bridgehead atoms. The van der Waals surface area contributed by atoms with Gasteiger partial charge in [0, 0.05) is 20.3 Å². The van der Waals surface area contributed by atoms with Crippen molar-refractivity contribution >= 4 is 5.96 Å². The van der Waals surface area contributed by atoms with Gasteiger partial charge in [-0.05, 0) is 18.1 Å². The number of aliphatic imine (C=N–C) groups is 1. The molecule has 1 aromatic rings. The number of nitrogens with zero attached hydrogens (tertiary/aromatic N) is 1. The molecule has 5 nitrogen and oxygen atoms in total. The molecule has 8 heteroatoms. The Kier molecular flexibility index (Phi) is 6.97. The van der Waals surface area contributed by atoms with Gasteiger partial charge in [-0.3, -0.25) is 5.43 Å². The number of guanidine groups is 1. The lowest BCUT2D eigenvalue weighted by Crippen LogP contribution is -2.42. The molecule has 0 saturated carbocycles. The van der Waals surface area contributed by atoms with E-state index in [1.807, 2.05) is 0 Å². The first-order valence-electron chi connectivity index (χ1n) is 6.38. The van der Waals surface area contributed by atoms with Crippen molar-refractivity contribution in [2.24, 2.45) is 10.8 Å². The minimum absolute atomic E-state index is 0.0939. The molecule has 0 radical (unpaired) electrons. The number of alkyl halides is 3. The largest absolute Gasteiger partial charge is 0.416 e. The van der Waals surface area contributed by atoms with Crippen molar-refractivity contribution in [2.45, 2.75) is 19.1 Å². The van der Waals surface area contributed by atoms with Gasteiger partial charge in [-0.15, -0.1) is 0 Å². The highest BCUT2D eigenvalue weighted by Gasteiger charge is 2.32. The molecule has 4 N–H and O–H groups in total. The molecule has 0 atom stereocenters. The molecule has 0 unspecified atom stereocenters. The number of benzene rings is 1. The molecule has 1 rings (SSSR count). The number of hydrazine groups is 1. The minimum Gasteiger partial charge on any atom is -0.385 e. The normalized spacial score (nSPS) is 12.3. The Labute approximate surface area is 121 Å². The van der Waals surface area contributed by atoms with Gasteiger partial charge in [-0.2, -0.15) is 13.2 Å². The molecule has 0 aliphatic carbocycles. The summed E-state index contributed by atoms with van der Waals surface area (Å²) in [5.41, 5.74) is 1.73. The fraction of sp³-hybridized carbons (Fsp3) is 0.462. The molecule has 0 spiro atoms. The quantitative estimate of drug-likeness (QED) is 0.246. The number of halogens is 3. The maximum Gasteiger partial charge on any atom is 0.416 e. The Morgan fingerprint density at radius 3 is 2.67 bits per heavy atom. The summed E-state index contributed by atoms with van der Waals surface area (Å²) in [6, 6.07) is 5.32. The van der Waals surface area contributed by atoms with E-state index < -0.39 is 11.7 Å². The second-order valence-electron chi connectivity index (χ2n) is 4.24. The number of hydrogen-bond acceptors (Lipinski definition) is 3. The summed E-state index contributed by atoms with van der Waals surface area (Å²) >= 11 is 0. The summed E-state index contributed by atoms with van der Waals surface area (Å²) in [6.45, 7) is 1.01. The van der Waals surface area contributed by atoms with Crippen molar-refractivity contribution in [3.8, 4) is 0 Å². The Morgan fingerprint density at radius 1 is 1.33 bits per heavy atom. The molecule has 0 amide bonds. The van der Waals surface area contributed by atoms with E-state index in [0.29, 0.717) is 13.2 Å². The number of nitrogens with two attached hydrogens (primary N) is 1. The SMILES string of the molecule is COCCCNC(=NCc1ccccc1C(F)(F)F)NN. The van der Waals surface area contributed by atoms with Crippen LogP contribution in [0, 0.1) is 0 Å². The van der Waals surface area contributed by atoms with Gasteiger partial charge in [0.1, 0.15) is 0 Å². The second kappa shape index (κ2) is 8.48. The lowest BCUT2D eigenvalue weighted by molar-refractivity contribution is -0.138. The summed E-state index contributed by atoms with van der Waals surface area (Å²) in [6.07, 6.45) is -3.66. The van der Waals surface area contributed by atoms with Crippen molar-refractivity contribution in [1.82, 2.24) is 10.7 Å². The van der Waals surface area contributed by atoms with E-state index in [2.05, 4.69) is 15.7 Å². The number of hydrogen-bond donors (Lipinski definition) is 3. The highest BCUT2D eigenvalue weighted by atomic mass is 19.4. The molecule has 21 heavy (non-hydrogen) atoms. The molecule has 0 heterocycles. The van der Waals surface area contributed by atoms with E-state index in [4.69, 9.17) is 10.6 Å². The maximum atomic E-state index is 12.8. The van der Waals surface area contributed by atoms with Crippen molar-refractivity contribution in [3.05, 3.63) is 35.4 Å². The maximum absolute atomic E-state index is 12.8. The Morgan fingerprint density at radius 2 is 2.05 bits per heavy atom. The highest BCUT2D eigenvalue weighted by molar-refractivity contribution is 5.79. The van der Waals surface area contributed by atoms with Crippen LogP contribution in [0.25, 0.3) is 0 Å². The van der Waals surface area contributed by atoms with Crippen LogP contribution in [0.4, 0.5) is 13.2 Å². The molecule has 0 saturated heterocycles. The fourth-order valence-electron chi connectivity index (χ4n) is 1.67. The standard InChI is InChI=1S/C13H19F3N4O/c1-21-8-4-7-18-12(20-17)19-9-10-5-2-3-6-11(10)13(14,15)16/h2-3,5-6H,4,7-9,17H2,1H3,(H2,18,19,20). The molecular weight excluding hydrogens is 285 g/mol. The van der Waals surface area contributed by atoms with Gasteiger partial charge < -0.3 is 10.1 Å². The topological polar surface area (TPSA) is 71.7 Å². The van der Waals surface area contributed by atoms with Crippen molar-refractivity contribution < 1.29 is 17.9 Å². The predicted octanol–water partition coefficient (Wildman–Crippen LogP) is 1.65. The average Bonchev–Trinajstić information content (AvgIpc) is 2.46. The lowest BCUT2D eigenvalue weighted by atomic mass is 10.1. The summed E-state index contributed by atoms with van der Waals surface area (Å²) in [7, 11) is 1.59. The van der Waals surface area contributed by atoms with Crippen molar-refractivity contribution in [3.63, 3.8) is 0 Å². The number of methoxy groups -OCH3 is 1. The van der Waals surface area contributed by atoms with Crippen molar-refractivity contribution in [1.29, 1.82) is 0 Å². The third kappa shape index (κ3) is 6.01. The summed E-state index contributed by atoms with van der Waals surface area (Å²) in [5, 5.41) is 2.89. The van der Waals surface area contributed by atoms with Crippen LogP contribution in [-0.2, 0) is 17.5 Å². The van der Waals surface area contributed by atoms with Gasteiger partial charge >= 0.3 is 6.18 Å². The first-order chi connectivity index (χ1) is 9.99. The molecule has 1 aromatic carbocycles. The minimum atomic E-state index is -4.39. The molecule has 0 aromatic heterocycles. The van der Waals surface area contributed by atoms with Crippen molar-refractivity contribution in [2.75, 3.05) is 20.3 Å². The van der Waals surface area contributed by atoms with Crippen LogP contribution < -0.4 is 16.6 Å². The van der Waals surface area contributed by atoms with Gasteiger partial charge in [0.25, 0.3) is 0 Å². The van der Waals surface area contributed by atoms with Crippen LogP contribution in [0.3, 0.4) is 0 Å². The van der Waals surface area contributed by atoms with E-state index in [9.17, 15) is 13.2 Å². The second-order valence-corrected chi connectivity index (χ2v) is 4.24. The van der Waals surface area contributed by atoms with Gasteiger partial charge in [0.15, 0.2) is 0 Å². The van der Waals surface area contributed by atoms with Gasteiger partial charge in [0.05, 0.1) is 12.1 Å². The van der Waals surface area contributed by atoms with E-state index in [1.54, 1.807) is 13.2 Å². The molecule has 0 fully saturated rings. The average molecular weight is 304 g/mol. The molecule has 0 aliphatic heterocycles. The summed E-state index contributed by atoms with van der Waals surface area (Å²) < 4.78 is 43.4. The number of ether oxygens (including phenoxy) is 1. The van der Waals surface area contributed by atoms with E-state index >= 15 is 0 Å². The zero-order chi connectivity index (χ0) is 15.7. The van der Waals surface area contributed by atoms with E-state index in [0.717, 1.165) is 12.5 Å². The molecular formula is C13H19F3N4O. The van der Waals surface area contributed by atoms with Gasteiger partial charge in [0.2, 0.25) is 5.96 Å². The zero-order valence-electron chi connectivity index (χ0n) is 11.7. The van der Waals surface area contributed by atoms with E-state index in [-0.39, 0.29) is 18.1 Å². The van der Waals surface area contributed by atoms with Crippen LogP contribution in [0.1, 0.15) is 17.5 Å². The van der Waals surface area contributed by atoms with Crippen LogP contribution in [0.5, 0.6) is 0 Å². The van der Waals surface area contributed by atoms with Gasteiger partial charge in [-0.25, -0.2) is 10.8 Å². The Bertz CT molecular complexity index is 463. The first-order valence-corrected chi connectivity index (χ1v) is 6.38. The number of nitrogens with one attached hydrogen (secondary N) is 2. The van der Waals surface area contributed by atoms with E-state index in [1.165, 1.54) is 12.1 Å². The fourth-order valence-corrected chi connectivity index (χ4v) is 1.67. The predicted molar refractivity (Wildman–Crippen MR) is 74.4 cm³/mol. The monoisotopic (exact) mass is 304 g/mol. The Hall–Kier alpha value is -1.80. The zero-order valence-corrected chi connectivity index (χ0v) is 11.7. The van der Waals surface area contributed by atoms with Crippen LogP contribution in [-0.4, -0.2) is 26.2 Å². The van der Waals surface area contributed by atoms with Crippen LogP contribution in [0.2, 0.25) is 0 Å². The van der Waals surface area contributed by atoms with Crippen LogP contribution >= 0.6 is 0 Å². The lowest BCUT2D eigenvalue weighted by Gasteiger charge is -2.12. The smallest absolute Gasteiger partial charge is 0.385 e. The molecule has 118 valence electrons. The molecule has 0 aliphatic rings. The Balaban J connectivity index is 2.69. The third-order valence-corrected chi connectivity index (χ3v) is 2.68.